The second-order valence-electron chi connectivity index (χ2n) is 3.45. The maximum Gasteiger partial charge on any atom is 0.143 e. The molecule has 0 aliphatic carbocycles. The van der Waals surface area contributed by atoms with Gasteiger partial charge < -0.3 is 15.0 Å². The van der Waals surface area contributed by atoms with Gasteiger partial charge in [-0.1, -0.05) is 6.07 Å². The van der Waals surface area contributed by atoms with Gasteiger partial charge in [0.2, 0.25) is 0 Å². The Morgan fingerprint density at radius 1 is 1.33 bits per heavy atom. The van der Waals surface area contributed by atoms with Crippen molar-refractivity contribution in [2.75, 3.05) is 18.5 Å². The molecule has 3 rings (SSSR count). The fourth-order valence-electron chi connectivity index (χ4n) is 1.72. The van der Waals surface area contributed by atoms with E-state index < -0.39 is 0 Å². The summed E-state index contributed by atoms with van der Waals surface area (Å²) in [5.41, 5.74) is 3.16. The fraction of sp³-hybridized carbons (Fsp3) is 0.182. The van der Waals surface area contributed by atoms with Crippen LogP contribution in [0.1, 0.15) is 0 Å². The number of benzene rings is 1. The highest BCUT2D eigenvalue weighted by atomic mass is 16.5. The number of hydrogen-bond donors (Lipinski definition) is 2. The van der Waals surface area contributed by atoms with Crippen LogP contribution in [0.4, 0.5) is 5.69 Å². The lowest BCUT2D eigenvalue weighted by atomic mass is 10.1. The van der Waals surface area contributed by atoms with E-state index in [1.165, 1.54) is 0 Å². The molecule has 4 nitrogen and oxygen atoms in total. The van der Waals surface area contributed by atoms with Crippen LogP contribution in [0.5, 0.6) is 5.75 Å². The van der Waals surface area contributed by atoms with Crippen molar-refractivity contribution in [2.45, 2.75) is 0 Å². The lowest BCUT2D eigenvalue weighted by Gasteiger charge is -2.19. The fourth-order valence-corrected chi connectivity index (χ4v) is 1.72. The Bertz CT molecular complexity index is 465. The summed E-state index contributed by atoms with van der Waals surface area (Å²) in [6, 6.07) is 6.10. The number of nitrogens with one attached hydrogen (secondary N) is 2. The van der Waals surface area contributed by atoms with Crippen LogP contribution in [0.25, 0.3) is 11.3 Å². The summed E-state index contributed by atoms with van der Waals surface area (Å²) in [5, 5.41) is 3.28. The minimum atomic E-state index is 0.722. The number of ether oxygens (including phenoxy) is 1. The van der Waals surface area contributed by atoms with Crippen molar-refractivity contribution in [3.05, 3.63) is 30.7 Å². The SMILES string of the molecule is c1ncc(-c2ccc3c(c2)OCCN3)[nH]1. The van der Waals surface area contributed by atoms with E-state index in [2.05, 4.69) is 15.3 Å². The van der Waals surface area contributed by atoms with Crippen molar-refractivity contribution in [3.8, 4) is 17.0 Å². The Morgan fingerprint density at radius 3 is 3.20 bits per heavy atom. The first kappa shape index (κ1) is 8.35. The average Bonchev–Trinajstić information content (AvgIpc) is 2.82. The van der Waals surface area contributed by atoms with Gasteiger partial charge in [0.05, 0.1) is 23.9 Å². The zero-order valence-corrected chi connectivity index (χ0v) is 8.16. The maximum absolute atomic E-state index is 5.57. The van der Waals surface area contributed by atoms with Gasteiger partial charge in [0.1, 0.15) is 12.4 Å². The van der Waals surface area contributed by atoms with Crippen LogP contribution < -0.4 is 10.1 Å². The molecule has 76 valence electrons. The van der Waals surface area contributed by atoms with Gasteiger partial charge in [-0.05, 0) is 12.1 Å². The average molecular weight is 201 g/mol. The van der Waals surface area contributed by atoms with Crippen LogP contribution in [0, 0.1) is 0 Å². The summed E-state index contributed by atoms with van der Waals surface area (Å²) in [6.07, 6.45) is 3.48. The molecular formula is C11H11N3O. The van der Waals surface area contributed by atoms with Crippen molar-refractivity contribution < 1.29 is 4.74 Å². The van der Waals surface area contributed by atoms with E-state index in [0.29, 0.717) is 0 Å². The molecule has 0 unspecified atom stereocenters. The molecule has 0 saturated heterocycles. The normalized spacial score (nSPS) is 13.9. The lowest BCUT2D eigenvalue weighted by molar-refractivity contribution is 0.323. The van der Waals surface area contributed by atoms with E-state index in [-0.39, 0.29) is 0 Å². The van der Waals surface area contributed by atoms with Crippen LogP contribution in [0.2, 0.25) is 0 Å². The highest BCUT2D eigenvalue weighted by Crippen LogP contribution is 2.31. The Hall–Kier alpha value is -1.97. The van der Waals surface area contributed by atoms with Crippen molar-refractivity contribution >= 4 is 5.69 Å². The quantitative estimate of drug-likeness (QED) is 0.740. The van der Waals surface area contributed by atoms with Gasteiger partial charge in [-0.15, -0.1) is 0 Å². The van der Waals surface area contributed by atoms with Crippen molar-refractivity contribution in [1.29, 1.82) is 0 Å². The van der Waals surface area contributed by atoms with E-state index >= 15 is 0 Å². The molecule has 0 bridgehead atoms. The maximum atomic E-state index is 5.57. The molecule has 1 aromatic heterocycles. The van der Waals surface area contributed by atoms with E-state index in [9.17, 15) is 0 Å². The van der Waals surface area contributed by atoms with Gasteiger partial charge in [-0.3, -0.25) is 0 Å². The summed E-state index contributed by atoms with van der Waals surface area (Å²) < 4.78 is 5.57. The lowest BCUT2D eigenvalue weighted by Crippen LogP contribution is -2.17. The van der Waals surface area contributed by atoms with E-state index in [1.54, 1.807) is 12.5 Å². The number of aromatic nitrogens is 2. The third-order valence-corrected chi connectivity index (χ3v) is 2.47. The van der Waals surface area contributed by atoms with E-state index in [0.717, 1.165) is 35.8 Å². The largest absolute Gasteiger partial charge is 0.490 e. The van der Waals surface area contributed by atoms with Crippen LogP contribution >= 0.6 is 0 Å². The molecule has 0 spiro atoms. The summed E-state index contributed by atoms with van der Waals surface area (Å²) >= 11 is 0. The number of nitrogens with zero attached hydrogens (tertiary/aromatic N) is 1. The molecule has 0 atom stereocenters. The minimum absolute atomic E-state index is 0.722. The standard InChI is InChI=1S/C11H11N3O/c1-2-9-11(15-4-3-13-9)5-8(1)10-6-12-7-14-10/h1-2,5-7,13H,3-4H2,(H,12,14). The van der Waals surface area contributed by atoms with Gasteiger partial charge in [0.15, 0.2) is 0 Å². The first-order chi connectivity index (χ1) is 7.43. The summed E-state index contributed by atoms with van der Waals surface area (Å²) in [7, 11) is 0. The number of hydrogen-bond acceptors (Lipinski definition) is 3. The first-order valence-corrected chi connectivity index (χ1v) is 4.93. The Morgan fingerprint density at radius 2 is 2.33 bits per heavy atom. The summed E-state index contributed by atoms with van der Waals surface area (Å²) in [6.45, 7) is 1.59. The van der Waals surface area contributed by atoms with Crippen molar-refractivity contribution in [2.24, 2.45) is 0 Å². The summed E-state index contributed by atoms with van der Waals surface area (Å²) in [4.78, 5) is 7.07. The number of fused-ring (bicyclic) bond motifs is 1. The number of rotatable bonds is 1. The highest BCUT2D eigenvalue weighted by Gasteiger charge is 2.10. The predicted molar refractivity (Wildman–Crippen MR) is 58.0 cm³/mol. The van der Waals surface area contributed by atoms with Gasteiger partial charge in [0.25, 0.3) is 0 Å². The van der Waals surface area contributed by atoms with E-state index in [4.69, 9.17) is 4.74 Å². The zero-order chi connectivity index (χ0) is 10.1. The number of anilines is 1. The van der Waals surface area contributed by atoms with Crippen molar-refractivity contribution in [1.82, 2.24) is 9.97 Å². The second kappa shape index (κ2) is 3.31. The topological polar surface area (TPSA) is 49.9 Å². The number of aromatic amines is 1. The van der Waals surface area contributed by atoms with Gasteiger partial charge in [-0.2, -0.15) is 0 Å². The smallest absolute Gasteiger partial charge is 0.143 e. The zero-order valence-electron chi connectivity index (χ0n) is 8.16. The molecule has 1 aromatic carbocycles. The molecular weight excluding hydrogens is 190 g/mol. The highest BCUT2D eigenvalue weighted by molar-refractivity contribution is 5.68. The van der Waals surface area contributed by atoms with Crippen LogP contribution in [0.3, 0.4) is 0 Å². The van der Waals surface area contributed by atoms with Gasteiger partial charge >= 0.3 is 0 Å². The first-order valence-electron chi connectivity index (χ1n) is 4.93. The van der Waals surface area contributed by atoms with Crippen LogP contribution in [-0.2, 0) is 0 Å². The van der Waals surface area contributed by atoms with Gasteiger partial charge in [-0.25, -0.2) is 4.98 Å². The molecule has 4 heteroatoms. The van der Waals surface area contributed by atoms with E-state index in [1.807, 2.05) is 18.2 Å². The third kappa shape index (κ3) is 1.44. The molecule has 0 radical (unpaired) electrons. The number of H-pyrrole nitrogens is 1. The van der Waals surface area contributed by atoms with Crippen LogP contribution in [-0.4, -0.2) is 23.1 Å². The van der Waals surface area contributed by atoms with Crippen molar-refractivity contribution in [3.63, 3.8) is 0 Å². The molecule has 0 amide bonds. The molecule has 0 saturated carbocycles. The third-order valence-electron chi connectivity index (χ3n) is 2.47. The molecule has 1 aliphatic heterocycles. The molecule has 2 heterocycles. The Kier molecular flexibility index (Phi) is 1.84. The molecule has 2 N–H and O–H groups in total. The second-order valence-corrected chi connectivity index (χ2v) is 3.45. The minimum Gasteiger partial charge on any atom is -0.490 e. The monoisotopic (exact) mass is 201 g/mol. The Labute approximate surface area is 87.3 Å². The molecule has 15 heavy (non-hydrogen) atoms. The number of imidazole rings is 1. The van der Waals surface area contributed by atoms with Gasteiger partial charge in [0, 0.05) is 12.1 Å². The molecule has 0 fully saturated rings. The molecule has 1 aliphatic rings. The predicted octanol–water partition coefficient (Wildman–Crippen LogP) is 1.88. The summed E-state index contributed by atoms with van der Waals surface area (Å²) in [5.74, 6) is 0.911. The Balaban J connectivity index is 2.04. The molecule has 2 aromatic rings. The van der Waals surface area contributed by atoms with Crippen LogP contribution in [0.15, 0.2) is 30.7 Å².